The van der Waals surface area contributed by atoms with Crippen LogP contribution in [0.1, 0.15) is 42.4 Å². The van der Waals surface area contributed by atoms with Crippen molar-refractivity contribution in [3.8, 4) is 0 Å². The van der Waals surface area contributed by atoms with Crippen molar-refractivity contribution >= 4 is 5.91 Å². The van der Waals surface area contributed by atoms with Crippen molar-refractivity contribution in [3.05, 3.63) is 52.7 Å². The largest absolute Gasteiger partial charge is 0.328 e. The van der Waals surface area contributed by atoms with Gasteiger partial charge in [0, 0.05) is 12.7 Å². The maximum absolute atomic E-state index is 12.7. The summed E-state index contributed by atoms with van der Waals surface area (Å²) in [6, 6.07) is 0.0617. The fourth-order valence-electron chi connectivity index (χ4n) is 2.76. The predicted molar refractivity (Wildman–Crippen MR) is 87.5 cm³/mol. The summed E-state index contributed by atoms with van der Waals surface area (Å²) in [6.45, 7) is 2.95. The number of carbonyl (C=O) groups excluding carboxylic acids is 1. The molecule has 8 heteroatoms. The van der Waals surface area contributed by atoms with Crippen LogP contribution < -0.4 is 5.56 Å². The van der Waals surface area contributed by atoms with E-state index in [2.05, 4.69) is 27.0 Å². The molecule has 1 amide bonds. The van der Waals surface area contributed by atoms with E-state index in [0.29, 0.717) is 18.9 Å². The Bertz CT molecular complexity index is 780. The molecular weight excluding hydrogens is 308 g/mol. The lowest BCUT2D eigenvalue weighted by Gasteiger charge is -2.24. The average Bonchev–Trinajstić information content (AvgIpc) is 3.24. The van der Waals surface area contributed by atoms with Crippen LogP contribution in [0, 0.1) is 0 Å². The molecule has 2 aromatic rings. The molecule has 24 heavy (non-hydrogen) atoms. The lowest BCUT2D eigenvalue weighted by molar-refractivity contribution is 0.0741. The van der Waals surface area contributed by atoms with Gasteiger partial charge >= 0.3 is 0 Å². The highest BCUT2D eigenvalue weighted by Gasteiger charge is 2.27. The molecule has 1 unspecified atom stereocenters. The van der Waals surface area contributed by atoms with E-state index in [4.69, 9.17) is 0 Å². The number of aromatic nitrogens is 5. The molecule has 2 aromatic heterocycles. The van der Waals surface area contributed by atoms with Crippen molar-refractivity contribution in [2.75, 3.05) is 6.54 Å². The van der Waals surface area contributed by atoms with Crippen LogP contribution in [0.5, 0.6) is 0 Å². The van der Waals surface area contributed by atoms with Gasteiger partial charge in [0.1, 0.15) is 30.6 Å². The number of carbonyl (C=O) groups is 1. The van der Waals surface area contributed by atoms with Crippen molar-refractivity contribution in [1.29, 1.82) is 0 Å². The topological polar surface area (TPSA) is 96.8 Å². The summed E-state index contributed by atoms with van der Waals surface area (Å²) in [5, 5.41) is 3.96. The Labute approximate surface area is 139 Å². The first kappa shape index (κ1) is 16.1. The smallest absolute Gasteiger partial charge is 0.263 e. The number of H-pyrrole nitrogens is 1. The van der Waals surface area contributed by atoms with Crippen molar-refractivity contribution in [3.63, 3.8) is 0 Å². The summed E-state index contributed by atoms with van der Waals surface area (Å²) in [6.07, 6.45) is 11.3. The molecule has 1 N–H and O–H groups in total. The van der Waals surface area contributed by atoms with Gasteiger partial charge in [-0.2, -0.15) is 5.10 Å². The van der Waals surface area contributed by atoms with E-state index in [9.17, 15) is 9.59 Å². The van der Waals surface area contributed by atoms with E-state index >= 15 is 0 Å². The molecule has 0 spiro atoms. The maximum Gasteiger partial charge on any atom is 0.263 e. The summed E-state index contributed by atoms with van der Waals surface area (Å²) < 4.78 is 1.55. The molecule has 0 aliphatic carbocycles. The highest BCUT2D eigenvalue weighted by atomic mass is 16.2. The van der Waals surface area contributed by atoms with Crippen LogP contribution in [0.2, 0.25) is 0 Å². The Morgan fingerprint density at radius 3 is 3.04 bits per heavy atom. The SMILES string of the molecule is CCCCC1C=CCN1C(=O)c1cnc(Cn2cncn2)[nH]c1=O. The number of rotatable bonds is 6. The van der Waals surface area contributed by atoms with Crippen LogP contribution in [-0.4, -0.2) is 48.1 Å². The molecule has 0 bridgehead atoms. The van der Waals surface area contributed by atoms with E-state index in [1.807, 2.05) is 12.2 Å². The van der Waals surface area contributed by atoms with Crippen molar-refractivity contribution in [1.82, 2.24) is 29.6 Å². The van der Waals surface area contributed by atoms with E-state index < -0.39 is 5.56 Å². The molecule has 0 fully saturated rings. The molecule has 3 heterocycles. The normalized spacial score (nSPS) is 16.7. The average molecular weight is 328 g/mol. The number of amides is 1. The van der Waals surface area contributed by atoms with E-state index in [1.54, 1.807) is 9.58 Å². The van der Waals surface area contributed by atoms with Crippen LogP contribution in [0.4, 0.5) is 0 Å². The summed E-state index contributed by atoms with van der Waals surface area (Å²) in [5.41, 5.74) is -0.353. The minimum Gasteiger partial charge on any atom is -0.328 e. The summed E-state index contributed by atoms with van der Waals surface area (Å²) >= 11 is 0. The third-order valence-corrected chi connectivity index (χ3v) is 4.04. The zero-order valence-electron chi connectivity index (χ0n) is 13.6. The highest BCUT2D eigenvalue weighted by Crippen LogP contribution is 2.17. The fraction of sp³-hybridized carbons (Fsp3) is 0.438. The Morgan fingerprint density at radius 2 is 2.33 bits per heavy atom. The van der Waals surface area contributed by atoms with E-state index in [-0.39, 0.29) is 17.5 Å². The van der Waals surface area contributed by atoms with Crippen LogP contribution in [0.25, 0.3) is 0 Å². The second kappa shape index (κ2) is 7.20. The molecular formula is C16H20N6O2. The fourth-order valence-corrected chi connectivity index (χ4v) is 2.76. The molecule has 3 rings (SSSR count). The van der Waals surface area contributed by atoms with Crippen LogP contribution >= 0.6 is 0 Å². The first-order chi connectivity index (χ1) is 11.7. The van der Waals surface area contributed by atoms with Gasteiger partial charge in [0.05, 0.1) is 6.04 Å². The molecule has 1 aliphatic heterocycles. The predicted octanol–water partition coefficient (Wildman–Crippen LogP) is 0.980. The highest BCUT2D eigenvalue weighted by molar-refractivity contribution is 5.94. The lowest BCUT2D eigenvalue weighted by Crippen LogP contribution is -2.39. The van der Waals surface area contributed by atoms with Gasteiger partial charge in [-0.15, -0.1) is 0 Å². The molecule has 0 saturated heterocycles. The number of hydrogen-bond acceptors (Lipinski definition) is 5. The van der Waals surface area contributed by atoms with Gasteiger partial charge in [0.25, 0.3) is 11.5 Å². The first-order valence-electron chi connectivity index (χ1n) is 8.07. The zero-order valence-corrected chi connectivity index (χ0v) is 13.6. The zero-order chi connectivity index (χ0) is 16.9. The lowest BCUT2D eigenvalue weighted by atomic mass is 10.1. The Balaban J connectivity index is 1.74. The van der Waals surface area contributed by atoms with Gasteiger partial charge in [0.15, 0.2) is 0 Å². The summed E-state index contributed by atoms with van der Waals surface area (Å²) in [5.74, 6) is 0.159. The molecule has 1 atom stereocenters. The van der Waals surface area contributed by atoms with Crippen molar-refractivity contribution in [2.45, 2.75) is 38.8 Å². The third kappa shape index (κ3) is 3.42. The second-order valence-electron chi connectivity index (χ2n) is 5.76. The van der Waals surface area contributed by atoms with Crippen LogP contribution in [0.15, 0.2) is 35.8 Å². The molecule has 0 saturated carbocycles. The first-order valence-corrected chi connectivity index (χ1v) is 8.07. The van der Waals surface area contributed by atoms with Crippen molar-refractivity contribution in [2.24, 2.45) is 0 Å². The molecule has 1 aliphatic rings. The van der Waals surface area contributed by atoms with Gasteiger partial charge < -0.3 is 9.88 Å². The summed E-state index contributed by atoms with van der Waals surface area (Å²) in [7, 11) is 0. The number of hydrogen-bond donors (Lipinski definition) is 1. The van der Waals surface area contributed by atoms with Gasteiger partial charge in [-0.3, -0.25) is 9.59 Å². The number of aromatic amines is 1. The van der Waals surface area contributed by atoms with Crippen molar-refractivity contribution < 1.29 is 4.79 Å². The van der Waals surface area contributed by atoms with Crippen LogP contribution in [0.3, 0.4) is 0 Å². The third-order valence-electron chi connectivity index (χ3n) is 4.04. The minimum absolute atomic E-state index is 0.0617. The second-order valence-corrected chi connectivity index (χ2v) is 5.76. The van der Waals surface area contributed by atoms with Gasteiger partial charge in [0.2, 0.25) is 0 Å². The van der Waals surface area contributed by atoms with E-state index in [0.717, 1.165) is 19.3 Å². The summed E-state index contributed by atoms with van der Waals surface area (Å²) in [4.78, 5) is 37.3. The van der Waals surface area contributed by atoms with Gasteiger partial charge in [-0.1, -0.05) is 31.9 Å². The Kier molecular flexibility index (Phi) is 4.83. The number of nitrogens with zero attached hydrogens (tertiary/aromatic N) is 5. The van der Waals surface area contributed by atoms with Crippen LogP contribution in [-0.2, 0) is 6.54 Å². The number of nitrogens with one attached hydrogen (secondary N) is 1. The van der Waals surface area contributed by atoms with E-state index in [1.165, 1.54) is 18.9 Å². The molecule has 8 nitrogen and oxygen atoms in total. The van der Waals surface area contributed by atoms with Gasteiger partial charge in [-0.05, 0) is 6.42 Å². The Hall–Kier alpha value is -2.77. The molecule has 0 aromatic carbocycles. The Morgan fingerprint density at radius 1 is 1.46 bits per heavy atom. The minimum atomic E-state index is -0.425. The standard InChI is InChI=1S/C16H20N6O2/c1-2-3-5-12-6-4-7-22(12)16(24)13-8-18-14(20-15(13)23)9-21-11-17-10-19-21/h4,6,8,10-12H,2-3,5,7,9H2,1H3,(H,18,20,23). The molecule has 0 radical (unpaired) electrons. The quantitative estimate of drug-likeness (QED) is 0.797. The number of unbranched alkanes of at least 4 members (excludes halogenated alkanes) is 1. The van der Waals surface area contributed by atoms with Gasteiger partial charge in [-0.25, -0.2) is 14.6 Å². The molecule has 126 valence electrons. The monoisotopic (exact) mass is 328 g/mol. The maximum atomic E-state index is 12.7.